The molecule has 0 heterocycles. The second kappa shape index (κ2) is 7.88. The van der Waals surface area contributed by atoms with Gasteiger partial charge in [-0.25, -0.2) is 4.79 Å². The van der Waals surface area contributed by atoms with E-state index in [0.717, 1.165) is 5.56 Å². The lowest BCUT2D eigenvalue weighted by atomic mass is 9.94. The monoisotopic (exact) mass is 354 g/mol. The number of ether oxygens (including phenoxy) is 1. The molecular weight excluding hydrogens is 328 g/mol. The number of hydrogen-bond acceptors (Lipinski definition) is 3. The summed E-state index contributed by atoms with van der Waals surface area (Å²) >= 11 is 5.88. The van der Waals surface area contributed by atoms with Crippen molar-refractivity contribution in [2.75, 3.05) is 0 Å². The Kier molecular flexibility index (Phi) is 6.67. The van der Waals surface area contributed by atoms with Gasteiger partial charge in [0.15, 0.2) is 0 Å². The maximum atomic E-state index is 12.3. The van der Waals surface area contributed by atoms with Crippen molar-refractivity contribution < 1.29 is 14.3 Å². The van der Waals surface area contributed by atoms with E-state index in [9.17, 15) is 9.59 Å². The Hall–Kier alpha value is -1.75. The van der Waals surface area contributed by atoms with Crippen LogP contribution in [0.15, 0.2) is 24.3 Å². The van der Waals surface area contributed by atoms with Gasteiger partial charge in [0.05, 0.1) is 0 Å². The van der Waals surface area contributed by atoms with E-state index in [1.54, 1.807) is 27.7 Å². The lowest BCUT2D eigenvalue weighted by molar-refractivity contribution is -0.124. The third kappa shape index (κ3) is 7.68. The zero-order valence-electron chi connectivity index (χ0n) is 15.2. The molecular formula is C18H27ClN2O3. The van der Waals surface area contributed by atoms with Crippen molar-refractivity contribution in [2.24, 2.45) is 0 Å². The molecule has 2 amide bonds. The van der Waals surface area contributed by atoms with Gasteiger partial charge in [0, 0.05) is 10.6 Å². The fraction of sp³-hybridized carbons (Fsp3) is 0.556. The van der Waals surface area contributed by atoms with Crippen LogP contribution in [0.1, 0.15) is 47.1 Å². The van der Waals surface area contributed by atoms with Crippen molar-refractivity contribution in [2.45, 2.75) is 65.1 Å². The molecule has 0 aliphatic heterocycles. The second-order valence-corrected chi connectivity index (χ2v) is 7.98. The molecule has 0 radical (unpaired) electrons. The first-order chi connectivity index (χ1) is 10.9. The highest BCUT2D eigenvalue weighted by Crippen LogP contribution is 2.16. The summed E-state index contributed by atoms with van der Waals surface area (Å²) < 4.78 is 5.15. The molecule has 1 aromatic carbocycles. The molecule has 24 heavy (non-hydrogen) atoms. The molecule has 1 atom stereocenters. The Morgan fingerprint density at radius 1 is 1.12 bits per heavy atom. The van der Waals surface area contributed by atoms with E-state index in [1.165, 1.54) is 0 Å². The molecule has 2 N–H and O–H groups in total. The Labute approximate surface area is 149 Å². The minimum Gasteiger partial charge on any atom is -0.444 e. The van der Waals surface area contributed by atoms with Gasteiger partial charge < -0.3 is 15.4 Å². The molecule has 0 fully saturated rings. The molecule has 0 bridgehead atoms. The maximum absolute atomic E-state index is 12.3. The summed E-state index contributed by atoms with van der Waals surface area (Å²) in [5.74, 6) is -0.264. The van der Waals surface area contributed by atoms with Crippen molar-refractivity contribution in [3.63, 3.8) is 0 Å². The summed E-state index contributed by atoms with van der Waals surface area (Å²) in [7, 11) is 0. The average Bonchev–Trinajstić information content (AvgIpc) is 2.38. The first-order valence-electron chi connectivity index (χ1n) is 7.94. The van der Waals surface area contributed by atoms with E-state index in [2.05, 4.69) is 10.6 Å². The Morgan fingerprint density at radius 3 is 2.17 bits per heavy atom. The lowest BCUT2D eigenvalue weighted by Crippen LogP contribution is -2.53. The van der Waals surface area contributed by atoms with E-state index < -0.39 is 23.3 Å². The fourth-order valence-electron chi connectivity index (χ4n) is 2.15. The normalized spacial score (nSPS) is 13.1. The van der Waals surface area contributed by atoms with Gasteiger partial charge in [-0.1, -0.05) is 23.7 Å². The summed E-state index contributed by atoms with van der Waals surface area (Å²) in [6.45, 7) is 10.8. The van der Waals surface area contributed by atoms with Gasteiger partial charge in [0.2, 0.25) is 5.91 Å². The van der Waals surface area contributed by atoms with Crippen LogP contribution in [0, 0.1) is 0 Å². The van der Waals surface area contributed by atoms with Crippen LogP contribution in [0.5, 0.6) is 0 Å². The van der Waals surface area contributed by atoms with Crippen molar-refractivity contribution in [1.82, 2.24) is 10.6 Å². The molecule has 0 aliphatic rings. The van der Waals surface area contributed by atoms with Gasteiger partial charge >= 0.3 is 6.09 Å². The lowest BCUT2D eigenvalue weighted by Gasteiger charge is -2.29. The molecule has 0 saturated carbocycles. The van der Waals surface area contributed by atoms with E-state index >= 15 is 0 Å². The van der Waals surface area contributed by atoms with Gasteiger partial charge in [0.1, 0.15) is 11.6 Å². The third-order valence-corrected chi connectivity index (χ3v) is 3.40. The number of halogens is 1. The van der Waals surface area contributed by atoms with Gasteiger partial charge in [0.25, 0.3) is 0 Å². The molecule has 1 aromatic rings. The quantitative estimate of drug-likeness (QED) is 0.847. The molecule has 1 rings (SSSR count). The third-order valence-electron chi connectivity index (χ3n) is 3.15. The number of alkyl carbamates (subject to hydrolysis) is 1. The highest BCUT2D eigenvalue weighted by atomic mass is 35.5. The van der Waals surface area contributed by atoms with Crippen LogP contribution in [0.25, 0.3) is 0 Å². The molecule has 6 heteroatoms. The Balaban J connectivity index is 2.57. The Bertz CT molecular complexity index is 577. The summed E-state index contributed by atoms with van der Waals surface area (Å²) in [6.07, 6.45) is 0.0374. The number of hydrogen-bond donors (Lipinski definition) is 2. The van der Waals surface area contributed by atoms with Crippen LogP contribution in [0.3, 0.4) is 0 Å². The number of nitrogens with one attached hydrogen (secondary N) is 2. The van der Waals surface area contributed by atoms with Crippen LogP contribution in [0.2, 0.25) is 5.02 Å². The number of benzene rings is 1. The summed E-state index contributed by atoms with van der Waals surface area (Å²) in [4.78, 5) is 24.0. The number of carbonyl (C=O) groups excluding carboxylic acids is 2. The molecule has 0 aliphatic carbocycles. The molecule has 5 nitrogen and oxygen atoms in total. The number of rotatable bonds is 5. The van der Waals surface area contributed by atoms with Crippen molar-refractivity contribution in [1.29, 1.82) is 0 Å². The van der Waals surface area contributed by atoms with Crippen molar-refractivity contribution in [3.8, 4) is 0 Å². The number of amides is 2. The first-order valence-corrected chi connectivity index (χ1v) is 8.32. The average molecular weight is 355 g/mol. The van der Waals surface area contributed by atoms with E-state index in [-0.39, 0.29) is 5.91 Å². The zero-order valence-corrected chi connectivity index (χ0v) is 16.0. The Morgan fingerprint density at radius 2 is 1.67 bits per heavy atom. The van der Waals surface area contributed by atoms with Gasteiger partial charge in [-0.2, -0.15) is 0 Å². The first kappa shape index (κ1) is 20.3. The topological polar surface area (TPSA) is 67.4 Å². The van der Waals surface area contributed by atoms with Crippen LogP contribution in [-0.2, 0) is 16.0 Å². The minimum absolute atomic E-state index is 0.264. The minimum atomic E-state index is -0.690. The van der Waals surface area contributed by atoms with Crippen LogP contribution < -0.4 is 10.6 Å². The summed E-state index contributed by atoms with van der Waals surface area (Å²) in [5.41, 5.74) is 0.000538. The van der Waals surface area contributed by atoms with E-state index in [1.807, 2.05) is 38.1 Å². The maximum Gasteiger partial charge on any atom is 0.408 e. The van der Waals surface area contributed by atoms with Crippen LogP contribution >= 0.6 is 11.6 Å². The van der Waals surface area contributed by atoms with Crippen molar-refractivity contribution in [3.05, 3.63) is 34.9 Å². The molecule has 0 aromatic heterocycles. The van der Waals surface area contributed by atoms with Gasteiger partial charge in [-0.05, 0) is 65.7 Å². The molecule has 0 unspecified atom stereocenters. The highest BCUT2D eigenvalue weighted by molar-refractivity contribution is 6.30. The zero-order chi connectivity index (χ0) is 18.5. The molecule has 0 spiro atoms. The SMILES string of the molecule is C[C@@H](NC(=O)OC(C)(C)C)C(=O)NC(C)(C)Cc1ccc(Cl)cc1. The summed E-state index contributed by atoms with van der Waals surface area (Å²) in [6, 6.07) is 6.81. The highest BCUT2D eigenvalue weighted by Gasteiger charge is 2.26. The van der Waals surface area contributed by atoms with Gasteiger partial charge in [-0.15, -0.1) is 0 Å². The van der Waals surface area contributed by atoms with Crippen LogP contribution in [0.4, 0.5) is 4.79 Å². The number of carbonyl (C=O) groups is 2. The smallest absolute Gasteiger partial charge is 0.408 e. The predicted octanol–water partition coefficient (Wildman–Crippen LogP) is 3.69. The van der Waals surface area contributed by atoms with E-state index in [4.69, 9.17) is 16.3 Å². The van der Waals surface area contributed by atoms with E-state index in [0.29, 0.717) is 11.4 Å². The largest absolute Gasteiger partial charge is 0.444 e. The fourth-order valence-corrected chi connectivity index (χ4v) is 2.27. The van der Waals surface area contributed by atoms with Crippen LogP contribution in [-0.4, -0.2) is 29.2 Å². The predicted molar refractivity (Wildman–Crippen MR) is 96.2 cm³/mol. The molecule has 0 saturated heterocycles. The molecule has 134 valence electrons. The summed E-state index contributed by atoms with van der Waals surface area (Å²) in [5, 5.41) is 6.16. The second-order valence-electron chi connectivity index (χ2n) is 7.54. The van der Waals surface area contributed by atoms with Crippen molar-refractivity contribution >= 4 is 23.6 Å². The standard InChI is InChI=1S/C18H27ClN2O3/c1-12(20-16(23)24-17(2,3)4)15(22)21-18(5,6)11-13-7-9-14(19)10-8-13/h7-10,12H,11H2,1-6H3,(H,20,23)(H,21,22)/t12-/m1/s1. The van der Waals surface area contributed by atoms with Gasteiger partial charge in [-0.3, -0.25) is 4.79 Å².